The number of ether oxygens (including phenoxy) is 2. The number of alkyl halides is 3. The van der Waals surface area contributed by atoms with Crippen LogP contribution < -0.4 is 5.32 Å². The summed E-state index contributed by atoms with van der Waals surface area (Å²) in [5.41, 5.74) is -2.82. The topological polar surface area (TPSA) is 67.9 Å². The number of anilines is 1. The first kappa shape index (κ1) is 27.7. The molecule has 0 unspecified atom stereocenters. The molecule has 1 aliphatic rings. The van der Waals surface area contributed by atoms with Gasteiger partial charge in [0.1, 0.15) is 17.0 Å². The number of esters is 1. The lowest BCUT2D eigenvalue weighted by Crippen LogP contribution is -2.43. The van der Waals surface area contributed by atoms with Crippen molar-refractivity contribution >= 4 is 17.7 Å². The zero-order valence-corrected chi connectivity index (χ0v) is 20.5. The van der Waals surface area contributed by atoms with Crippen molar-refractivity contribution in [3.05, 3.63) is 29.1 Å². The largest absolute Gasteiger partial charge is 0.462 e. The quantitative estimate of drug-likeness (QED) is 0.377. The van der Waals surface area contributed by atoms with Crippen molar-refractivity contribution in [2.75, 3.05) is 19.0 Å². The summed E-state index contributed by atoms with van der Waals surface area (Å²) in [6.07, 6.45) is -2.71. The maximum atomic E-state index is 14.4. The van der Waals surface area contributed by atoms with Gasteiger partial charge in [-0.3, -0.25) is 0 Å². The standard InChI is InChI=1S/C24H34F4N2O4/c1-7-33-21(31)16-12-18(25)20(24(26,27)28)19(13-16)29-14(2)15-8-10-17(11-9-15)30(6)22(32)34-23(3,4)5/h12-15,17,29H,7-11H2,1-6H3/t14-,15?,17?/m0/s1. The van der Waals surface area contributed by atoms with Crippen LogP contribution in [0.4, 0.5) is 28.0 Å². The van der Waals surface area contributed by atoms with Gasteiger partial charge in [0.15, 0.2) is 0 Å². The molecule has 1 atom stereocenters. The number of benzene rings is 1. The van der Waals surface area contributed by atoms with Crippen LogP contribution in [0.3, 0.4) is 0 Å². The molecule has 10 heteroatoms. The Balaban J connectivity index is 2.13. The van der Waals surface area contributed by atoms with Crippen LogP contribution in [0.15, 0.2) is 12.1 Å². The molecule has 0 aromatic heterocycles. The van der Waals surface area contributed by atoms with Gasteiger partial charge in [-0.15, -0.1) is 0 Å². The van der Waals surface area contributed by atoms with E-state index in [1.165, 1.54) is 0 Å². The smallest absolute Gasteiger partial charge is 0.421 e. The van der Waals surface area contributed by atoms with Crippen LogP contribution in [0.2, 0.25) is 0 Å². The lowest BCUT2D eigenvalue weighted by molar-refractivity contribution is -0.139. The van der Waals surface area contributed by atoms with Gasteiger partial charge in [0.25, 0.3) is 0 Å². The molecule has 0 radical (unpaired) electrons. The summed E-state index contributed by atoms with van der Waals surface area (Å²) in [5, 5.41) is 2.79. The number of hydrogen-bond acceptors (Lipinski definition) is 5. The van der Waals surface area contributed by atoms with Gasteiger partial charge in [-0.1, -0.05) is 0 Å². The lowest BCUT2D eigenvalue weighted by atomic mass is 9.81. The minimum Gasteiger partial charge on any atom is -0.462 e. The molecule has 34 heavy (non-hydrogen) atoms. The summed E-state index contributed by atoms with van der Waals surface area (Å²) in [5.74, 6) is -2.43. The van der Waals surface area contributed by atoms with Gasteiger partial charge >= 0.3 is 18.2 Å². The second-order valence-corrected chi connectivity index (χ2v) is 9.69. The van der Waals surface area contributed by atoms with Gasteiger partial charge in [-0.2, -0.15) is 13.2 Å². The van der Waals surface area contributed by atoms with Crippen LogP contribution in [0.1, 0.15) is 76.2 Å². The monoisotopic (exact) mass is 490 g/mol. The molecular weight excluding hydrogens is 456 g/mol. The molecule has 2 rings (SSSR count). The second-order valence-electron chi connectivity index (χ2n) is 9.69. The number of carbonyl (C=O) groups excluding carboxylic acids is 2. The Morgan fingerprint density at radius 2 is 1.74 bits per heavy atom. The molecule has 0 heterocycles. The van der Waals surface area contributed by atoms with E-state index < -0.39 is 46.9 Å². The molecule has 0 aliphatic heterocycles. The maximum Gasteiger partial charge on any atom is 0.421 e. The zero-order valence-electron chi connectivity index (χ0n) is 20.5. The number of carbonyl (C=O) groups is 2. The average molecular weight is 491 g/mol. The van der Waals surface area contributed by atoms with Crippen LogP contribution in [0.5, 0.6) is 0 Å². The minimum absolute atomic E-state index is 0.00122. The highest BCUT2D eigenvalue weighted by Gasteiger charge is 2.39. The Morgan fingerprint density at radius 3 is 2.24 bits per heavy atom. The molecule has 1 aromatic carbocycles. The second kappa shape index (κ2) is 10.8. The fourth-order valence-electron chi connectivity index (χ4n) is 4.18. The third-order valence-corrected chi connectivity index (χ3v) is 5.95. The summed E-state index contributed by atoms with van der Waals surface area (Å²) < 4.78 is 65.3. The molecule has 0 bridgehead atoms. The maximum absolute atomic E-state index is 14.4. The first-order valence-electron chi connectivity index (χ1n) is 11.4. The van der Waals surface area contributed by atoms with Crippen molar-refractivity contribution in [2.45, 2.75) is 84.2 Å². The third kappa shape index (κ3) is 7.24. The van der Waals surface area contributed by atoms with E-state index in [0.717, 1.165) is 6.07 Å². The van der Waals surface area contributed by atoms with Crippen molar-refractivity contribution in [2.24, 2.45) is 5.92 Å². The number of amides is 1. The molecule has 0 spiro atoms. The van der Waals surface area contributed by atoms with E-state index >= 15 is 0 Å². The van der Waals surface area contributed by atoms with Gasteiger partial charge < -0.3 is 19.7 Å². The van der Waals surface area contributed by atoms with E-state index in [0.29, 0.717) is 31.7 Å². The SMILES string of the molecule is CCOC(=O)c1cc(F)c(C(F)(F)F)c(N[C@@H](C)C2CCC(N(C)C(=O)OC(C)(C)C)CC2)c1. The summed E-state index contributed by atoms with van der Waals surface area (Å²) >= 11 is 0. The number of halogens is 4. The van der Waals surface area contributed by atoms with Crippen molar-refractivity contribution in [3.8, 4) is 0 Å². The van der Waals surface area contributed by atoms with Crippen molar-refractivity contribution in [3.63, 3.8) is 0 Å². The van der Waals surface area contributed by atoms with Crippen molar-refractivity contribution in [1.82, 2.24) is 4.90 Å². The van der Waals surface area contributed by atoms with Gasteiger partial charge in [-0.25, -0.2) is 14.0 Å². The van der Waals surface area contributed by atoms with E-state index in [-0.39, 0.29) is 24.1 Å². The van der Waals surface area contributed by atoms with Crippen LogP contribution in [-0.2, 0) is 15.7 Å². The predicted octanol–water partition coefficient (Wildman–Crippen LogP) is 6.25. The molecule has 1 fully saturated rings. The zero-order chi connectivity index (χ0) is 25.8. The van der Waals surface area contributed by atoms with Gasteiger partial charge in [0.2, 0.25) is 0 Å². The minimum atomic E-state index is -4.94. The molecule has 1 aliphatic carbocycles. The first-order chi connectivity index (χ1) is 15.6. The normalized spacial score (nSPS) is 19.8. The average Bonchev–Trinajstić information content (AvgIpc) is 2.70. The highest BCUT2D eigenvalue weighted by molar-refractivity contribution is 5.91. The Bertz CT molecular complexity index is 875. The van der Waals surface area contributed by atoms with Gasteiger partial charge in [-0.05, 0) is 78.4 Å². The van der Waals surface area contributed by atoms with E-state index in [2.05, 4.69) is 5.32 Å². The van der Waals surface area contributed by atoms with Crippen LogP contribution in [-0.4, -0.2) is 48.3 Å². The molecule has 1 saturated carbocycles. The first-order valence-corrected chi connectivity index (χ1v) is 11.4. The number of hydrogen-bond donors (Lipinski definition) is 1. The fraction of sp³-hybridized carbons (Fsp3) is 0.667. The highest BCUT2D eigenvalue weighted by atomic mass is 19.4. The van der Waals surface area contributed by atoms with E-state index in [9.17, 15) is 27.2 Å². The van der Waals surface area contributed by atoms with E-state index in [4.69, 9.17) is 9.47 Å². The number of nitrogens with one attached hydrogen (secondary N) is 1. The Labute approximate surface area is 198 Å². The Morgan fingerprint density at radius 1 is 1.15 bits per heavy atom. The summed E-state index contributed by atoms with van der Waals surface area (Å²) in [6, 6.07) is 1.08. The number of rotatable bonds is 6. The molecule has 0 saturated heterocycles. The molecule has 1 aromatic rings. The fourth-order valence-corrected chi connectivity index (χ4v) is 4.18. The van der Waals surface area contributed by atoms with E-state index in [1.54, 1.807) is 46.6 Å². The number of nitrogens with zero attached hydrogens (tertiary/aromatic N) is 1. The van der Waals surface area contributed by atoms with Crippen molar-refractivity contribution in [1.29, 1.82) is 0 Å². The summed E-state index contributed by atoms with van der Waals surface area (Å²) in [6.45, 7) is 8.67. The Hall–Kier alpha value is -2.52. The molecule has 6 nitrogen and oxygen atoms in total. The predicted molar refractivity (Wildman–Crippen MR) is 120 cm³/mol. The van der Waals surface area contributed by atoms with Crippen LogP contribution in [0.25, 0.3) is 0 Å². The van der Waals surface area contributed by atoms with Gasteiger partial charge in [0, 0.05) is 19.1 Å². The molecule has 1 amide bonds. The van der Waals surface area contributed by atoms with Crippen molar-refractivity contribution < 1.29 is 36.6 Å². The highest BCUT2D eigenvalue weighted by Crippen LogP contribution is 2.39. The molecule has 192 valence electrons. The lowest BCUT2D eigenvalue weighted by Gasteiger charge is -2.37. The molecular formula is C24H34F4N2O4. The van der Waals surface area contributed by atoms with E-state index in [1.807, 2.05) is 0 Å². The van der Waals surface area contributed by atoms with Crippen LogP contribution in [0, 0.1) is 11.7 Å². The third-order valence-electron chi connectivity index (χ3n) is 5.95. The summed E-state index contributed by atoms with van der Waals surface area (Å²) in [7, 11) is 1.68. The summed E-state index contributed by atoms with van der Waals surface area (Å²) in [4.78, 5) is 25.9. The molecule has 1 N–H and O–H groups in total. The van der Waals surface area contributed by atoms with Crippen LogP contribution >= 0.6 is 0 Å². The Kier molecular flexibility index (Phi) is 8.82. The van der Waals surface area contributed by atoms with Gasteiger partial charge in [0.05, 0.1) is 17.9 Å².